The van der Waals surface area contributed by atoms with E-state index in [0.717, 1.165) is 12.1 Å². The lowest BCUT2D eigenvalue weighted by molar-refractivity contribution is -0.123. The maximum absolute atomic E-state index is 13.8. The molecule has 3 aromatic rings. The number of anilines is 1. The second-order valence-corrected chi connectivity index (χ2v) is 9.27. The topological polar surface area (TPSA) is 104 Å². The first-order valence-corrected chi connectivity index (χ1v) is 11.8. The summed E-state index contributed by atoms with van der Waals surface area (Å²) in [5.41, 5.74) is 1.51. The number of benzene rings is 3. The smallest absolute Gasteiger partial charge is 0.255 e. The molecule has 3 rings (SSSR count). The van der Waals surface area contributed by atoms with Gasteiger partial charge in [-0.15, -0.1) is 0 Å². The highest BCUT2D eigenvalue weighted by Crippen LogP contribution is 2.18. The van der Waals surface area contributed by atoms with Crippen LogP contribution in [-0.4, -0.2) is 26.3 Å². The van der Waals surface area contributed by atoms with Gasteiger partial charge < -0.3 is 10.6 Å². The van der Waals surface area contributed by atoms with Crippen LogP contribution in [0.15, 0.2) is 77.7 Å². The van der Waals surface area contributed by atoms with Crippen LogP contribution in [0, 0.1) is 11.6 Å². The van der Waals surface area contributed by atoms with E-state index in [1.807, 2.05) is 0 Å². The molecule has 2 amide bonds. The molecule has 0 radical (unpaired) electrons. The van der Waals surface area contributed by atoms with Gasteiger partial charge in [-0.2, -0.15) is 4.72 Å². The first kappa shape index (κ1) is 25.0. The van der Waals surface area contributed by atoms with E-state index in [9.17, 15) is 26.8 Å². The van der Waals surface area contributed by atoms with Crippen molar-refractivity contribution in [1.82, 2.24) is 10.0 Å². The molecule has 0 heterocycles. The van der Waals surface area contributed by atoms with Gasteiger partial charge in [0.05, 0.1) is 12.1 Å². The monoisotopic (exact) mass is 487 g/mol. The van der Waals surface area contributed by atoms with Crippen LogP contribution in [0.25, 0.3) is 0 Å². The molecule has 0 fully saturated rings. The predicted molar refractivity (Wildman–Crippen MR) is 124 cm³/mol. The molecule has 10 heteroatoms. The zero-order valence-electron chi connectivity index (χ0n) is 18.4. The summed E-state index contributed by atoms with van der Waals surface area (Å²) in [6.07, 6.45) is 0. The standard InChI is InChI=1S/C24H23F2N3O4S/c1-15(27-23(30)16(2)29-34(32,33)22-6-4-3-5-21(22)26)17-9-13-20(14-10-17)28-24(31)18-7-11-19(25)12-8-18/h3-16,29H,1-2H3,(H,27,30)(H,28,31)/t15?,16-/m0/s1. The molecule has 0 saturated carbocycles. The second-order valence-electron chi connectivity index (χ2n) is 7.59. The van der Waals surface area contributed by atoms with Crippen LogP contribution < -0.4 is 15.4 Å². The lowest BCUT2D eigenvalue weighted by Crippen LogP contribution is -2.45. The van der Waals surface area contributed by atoms with Gasteiger partial charge in [0.1, 0.15) is 16.5 Å². The van der Waals surface area contributed by atoms with E-state index >= 15 is 0 Å². The highest BCUT2D eigenvalue weighted by Gasteiger charge is 2.25. The molecule has 0 aliphatic rings. The Labute approximate surface area is 196 Å². The average Bonchev–Trinajstić information content (AvgIpc) is 2.79. The Morgan fingerprint density at radius 3 is 2.09 bits per heavy atom. The van der Waals surface area contributed by atoms with Gasteiger partial charge in [-0.25, -0.2) is 17.2 Å². The van der Waals surface area contributed by atoms with Gasteiger partial charge in [0.2, 0.25) is 15.9 Å². The largest absolute Gasteiger partial charge is 0.348 e. The van der Waals surface area contributed by atoms with Crippen LogP contribution >= 0.6 is 0 Å². The summed E-state index contributed by atoms with van der Waals surface area (Å²) in [4.78, 5) is 24.2. The van der Waals surface area contributed by atoms with Crippen molar-refractivity contribution in [2.45, 2.75) is 30.8 Å². The second kappa shape index (κ2) is 10.5. The van der Waals surface area contributed by atoms with Crippen LogP contribution in [-0.2, 0) is 14.8 Å². The van der Waals surface area contributed by atoms with Crippen LogP contribution in [0.5, 0.6) is 0 Å². The number of amides is 2. The molecule has 34 heavy (non-hydrogen) atoms. The van der Waals surface area contributed by atoms with Crippen molar-refractivity contribution in [1.29, 1.82) is 0 Å². The van der Waals surface area contributed by atoms with Crippen molar-refractivity contribution in [2.24, 2.45) is 0 Å². The van der Waals surface area contributed by atoms with Gasteiger partial charge in [0.15, 0.2) is 0 Å². The Morgan fingerprint density at radius 1 is 0.853 bits per heavy atom. The molecule has 178 valence electrons. The molecule has 0 spiro atoms. The molecule has 3 aromatic carbocycles. The average molecular weight is 488 g/mol. The quantitative estimate of drug-likeness (QED) is 0.450. The van der Waals surface area contributed by atoms with Crippen molar-refractivity contribution in [3.63, 3.8) is 0 Å². The van der Waals surface area contributed by atoms with E-state index in [4.69, 9.17) is 0 Å². The van der Waals surface area contributed by atoms with Crippen molar-refractivity contribution < 1.29 is 26.8 Å². The number of nitrogens with one attached hydrogen (secondary N) is 3. The van der Waals surface area contributed by atoms with E-state index in [2.05, 4.69) is 15.4 Å². The molecular weight excluding hydrogens is 464 g/mol. The first-order valence-electron chi connectivity index (χ1n) is 10.3. The Balaban J connectivity index is 1.58. The van der Waals surface area contributed by atoms with Gasteiger partial charge in [-0.3, -0.25) is 9.59 Å². The first-order chi connectivity index (χ1) is 16.1. The van der Waals surface area contributed by atoms with E-state index in [0.29, 0.717) is 16.8 Å². The summed E-state index contributed by atoms with van der Waals surface area (Å²) in [6, 6.07) is 15.1. The van der Waals surface area contributed by atoms with Gasteiger partial charge in [-0.05, 0) is 67.9 Å². The van der Waals surface area contributed by atoms with Crippen molar-refractivity contribution >= 4 is 27.5 Å². The van der Waals surface area contributed by atoms with E-state index in [1.54, 1.807) is 31.2 Å². The Morgan fingerprint density at radius 2 is 1.47 bits per heavy atom. The molecule has 2 atom stereocenters. The predicted octanol–water partition coefficient (Wildman–Crippen LogP) is 3.76. The lowest BCUT2D eigenvalue weighted by Gasteiger charge is -2.19. The van der Waals surface area contributed by atoms with Gasteiger partial charge >= 0.3 is 0 Å². The number of hydrogen-bond acceptors (Lipinski definition) is 4. The molecule has 0 aromatic heterocycles. The summed E-state index contributed by atoms with van der Waals surface area (Å²) < 4.78 is 53.8. The SMILES string of the molecule is CC(NC(=O)[C@H](C)NS(=O)(=O)c1ccccc1F)c1ccc(NC(=O)c2ccc(F)cc2)cc1. The molecule has 0 aliphatic heterocycles. The third-order valence-electron chi connectivity index (χ3n) is 4.99. The van der Waals surface area contributed by atoms with Gasteiger partial charge in [0, 0.05) is 11.3 Å². The summed E-state index contributed by atoms with van der Waals surface area (Å²) in [7, 11) is -4.22. The maximum atomic E-state index is 13.8. The van der Waals surface area contributed by atoms with Crippen LogP contribution in [0.3, 0.4) is 0 Å². The minimum atomic E-state index is -4.22. The fourth-order valence-corrected chi connectivity index (χ4v) is 4.38. The fourth-order valence-electron chi connectivity index (χ4n) is 3.09. The minimum absolute atomic E-state index is 0.304. The van der Waals surface area contributed by atoms with Crippen LogP contribution in [0.4, 0.5) is 14.5 Å². The number of hydrogen-bond donors (Lipinski definition) is 3. The summed E-state index contributed by atoms with van der Waals surface area (Å²) in [5.74, 6) is -2.35. The summed E-state index contributed by atoms with van der Waals surface area (Å²) >= 11 is 0. The molecule has 3 N–H and O–H groups in total. The molecule has 0 aliphatic carbocycles. The van der Waals surface area contributed by atoms with Gasteiger partial charge in [-0.1, -0.05) is 24.3 Å². The van der Waals surface area contributed by atoms with E-state index < -0.39 is 50.5 Å². The molecule has 0 bridgehead atoms. The van der Waals surface area contributed by atoms with Crippen molar-refractivity contribution in [2.75, 3.05) is 5.32 Å². The van der Waals surface area contributed by atoms with Crippen molar-refractivity contribution in [3.05, 3.63) is 95.6 Å². The Hall–Kier alpha value is -3.63. The molecule has 7 nitrogen and oxygen atoms in total. The highest BCUT2D eigenvalue weighted by atomic mass is 32.2. The number of carbonyl (C=O) groups excluding carboxylic acids is 2. The van der Waals surface area contributed by atoms with Crippen LogP contribution in [0.1, 0.15) is 35.8 Å². The zero-order valence-corrected chi connectivity index (χ0v) is 19.2. The molecule has 0 saturated heterocycles. The zero-order chi connectivity index (χ0) is 24.9. The Bertz CT molecular complexity index is 1280. The minimum Gasteiger partial charge on any atom is -0.348 e. The number of halogens is 2. The normalized spacial score (nSPS) is 13.1. The van der Waals surface area contributed by atoms with Crippen LogP contribution in [0.2, 0.25) is 0 Å². The third kappa shape index (κ3) is 6.24. The maximum Gasteiger partial charge on any atom is 0.255 e. The third-order valence-corrected chi connectivity index (χ3v) is 6.56. The van der Waals surface area contributed by atoms with E-state index in [1.165, 1.54) is 43.3 Å². The summed E-state index contributed by atoms with van der Waals surface area (Å²) in [6.45, 7) is 3.07. The highest BCUT2D eigenvalue weighted by molar-refractivity contribution is 7.89. The van der Waals surface area contributed by atoms with Crippen molar-refractivity contribution in [3.8, 4) is 0 Å². The fraction of sp³-hybridized carbons (Fsp3) is 0.167. The number of rotatable bonds is 8. The Kier molecular flexibility index (Phi) is 7.75. The molecular formula is C24H23F2N3O4S. The number of carbonyl (C=O) groups is 2. The van der Waals surface area contributed by atoms with Gasteiger partial charge in [0.25, 0.3) is 5.91 Å². The van der Waals surface area contributed by atoms with E-state index in [-0.39, 0.29) is 0 Å². The number of sulfonamides is 1. The summed E-state index contributed by atoms with van der Waals surface area (Å²) in [5, 5.41) is 5.39. The molecule has 1 unspecified atom stereocenters. The lowest BCUT2D eigenvalue weighted by atomic mass is 10.1.